The van der Waals surface area contributed by atoms with E-state index >= 15 is 0 Å². The van der Waals surface area contributed by atoms with Gasteiger partial charge >= 0.3 is 0 Å². The summed E-state index contributed by atoms with van der Waals surface area (Å²) in [6.45, 7) is 5.57. The first-order valence-corrected chi connectivity index (χ1v) is 7.39. The van der Waals surface area contributed by atoms with Crippen molar-refractivity contribution < 1.29 is 0 Å². The molecule has 1 heteroatoms. The molecule has 1 aliphatic carbocycles. The van der Waals surface area contributed by atoms with Crippen LogP contribution in [0.1, 0.15) is 78.1 Å². The standard InChI is InChI=1S/C15H31N/c1-14(2)9-8-12-15(13-16)10-6-4-3-5-7-11-15/h14H,3-13,16H2,1-2H3. The minimum Gasteiger partial charge on any atom is -0.330 e. The molecule has 0 aromatic rings. The topological polar surface area (TPSA) is 26.0 Å². The Balaban J connectivity index is 2.39. The van der Waals surface area contributed by atoms with Crippen LogP contribution in [-0.2, 0) is 0 Å². The summed E-state index contributed by atoms with van der Waals surface area (Å²) < 4.78 is 0. The highest BCUT2D eigenvalue weighted by molar-refractivity contribution is 4.82. The van der Waals surface area contributed by atoms with Crippen molar-refractivity contribution in [3.8, 4) is 0 Å². The zero-order valence-electron chi connectivity index (χ0n) is 11.4. The SMILES string of the molecule is CC(C)CCCC1(CN)CCCCCCC1. The minimum atomic E-state index is 0.509. The maximum absolute atomic E-state index is 6.08. The van der Waals surface area contributed by atoms with Crippen LogP contribution in [0.15, 0.2) is 0 Å². The molecule has 16 heavy (non-hydrogen) atoms. The molecule has 0 unspecified atom stereocenters. The summed E-state index contributed by atoms with van der Waals surface area (Å²) in [5, 5.41) is 0. The third-order valence-electron chi connectivity index (χ3n) is 4.34. The van der Waals surface area contributed by atoms with Crippen molar-refractivity contribution >= 4 is 0 Å². The van der Waals surface area contributed by atoms with Gasteiger partial charge in [0.05, 0.1) is 0 Å². The second-order valence-corrected chi connectivity index (χ2v) is 6.26. The van der Waals surface area contributed by atoms with Crippen LogP contribution in [0.2, 0.25) is 0 Å². The summed E-state index contributed by atoms with van der Waals surface area (Å²) in [4.78, 5) is 0. The Labute approximate surface area is 102 Å². The number of rotatable bonds is 5. The van der Waals surface area contributed by atoms with Gasteiger partial charge in [-0.2, -0.15) is 0 Å². The van der Waals surface area contributed by atoms with E-state index in [1.54, 1.807) is 0 Å². The lowest BCUT2D eigenvalue weighted by molar-refractivity contribution is 0.192. The summed E-state index contributed by atoms with van der Waals surface area (Å²) in [6.07, 6.45) is 14.1. The molecule has 0 heterocycles. The fourth-order valence-corrected chi connectivity index (χ4v) is 3.10. The highest BCUT2D eigenvalue weighted by Gasteiger charge is 2.28. The molecule has 0 bridgehead atoms. The van der Waals surface area contributed by atoms with E-state index < -0.39 is 0 Å². The number of hydrogen-bond donors (Lipinski definition) is 1. The molecule has 0 aromatic carbocycles. The fourth-order valence-electron chi connectivity index (χ4n) is 3.10. The molecule has 1 saturated carbocycles. The van der Waals surface area contributed by atoms with Crippen molar-refractivity contribution in [2.45, 2.75) is 78.1 Å². The lowest BCUT2D eigenvalue weighted by Crippen LogP contribution is -2.31. The molecule has 1 fully saturated rings. The molecular weight excluding hydrogens is 194 g/mol. The third kappa shape index (κ3) is 4.86. The van der Waals surface area contributed by atoms with E-state index in [9.17, 15) is 0 Å². The van der Waals surface area contributed by atoms with Gasteiger partial charge in [0.15, 0.2) is 0 Å². The van der Waals surface area contributed by atoms with Crippen LogP contribution >= 0.6 is 0 Å². The summed E-state index contributed by atoms with van der Waals surface area (Å²) >= 11 is 0. The molecule has 0 saturated heterocycles. The molecular formula is C15H31N. The normalized spacial score (nSPS) is 21.8. The van der Waals surface area contributed by atoms with Gasteiger partial charge in [0.2, 0.25) is 0 Å². The van der Waals surface area contributed by atoms with E-state index in [1.807, 2.05) is 0 Å². The molecule has 0 radical (unpaired) electrons. The van der Waals surface area contributed by atoms with E-state index in [-0.39, 0.29) is 0 Å². The van der Waals surface area contributed by atoms with E-state index in [0.717, 1.165) is 12.5 Å². The van der Waals surface area contributed by atoms with Crippen LogP contribution in [-0.4, -0.2) is 6.54 Å². The molecule has 1 rings (SSSR count). The van der Waals surface area contributed by atoms with Crippen molar-refractivity contribution in [1.29, 1.82) is 0 Å². The lowest BCUT2D eigenvalue weighted by atomic mass is 9.72. The van der Waals surface area contributed by atoms with Gasteiger partial charge in [-0.05, 0) is 37.1 Å². The second-order valence-electron chi connectivity index (χ2n) is 6.26. The Morgan fingerprint density at radius 1 is 1.00 bits per heavy atom. The van der Waals surface area contributed by atoms with Gasteiger partial charge in [-0.15, -0.1) is 0 Å². The first-order valence-electron chi connectivity index (χ1n) is 7.39. The Morgan fingerprint density at radius 3 is 2.06 bits per heavy atom. The third-order valence-corrected chi connectivity index (χ3v) is 4.34. The van der Waals surface area contributed by atoms with Crippen molar-refractivity contribution in [2.24, 2.45) is 17.1 Å². The zero-order chi connectivity index (χ0) is 11.9. The van der Waals surface area contributed by atoms with Crippen molar-refractivity contribution in [3.05, 3.63) is 0 Å². The highest BCUT2D eigenvalue weighted by atomic mass is 14.6. The smallest absolute Gasteiger partial charge is 0.00205 e. The first-order chi connectivity index (χ1) is 7.68. The van der Waals surface area contributed by atoms with E-state index in [1.165, 1.54) is 64.2 Å². The molecule has 0 aromatic heterocycles. The predicted octanol–water partition coefficient (Wildman–Crippen LogP) is 4.50. The monoisotopic (exact) mass is 225 g/mol. The molecule has 2 N–H and O–H groups in total. The van der Waals surface area contributed by atoms with Crippen LogP contribution in [0.3, 0.4) is 0 Å². The van der Waals surface area contributed by atoms with Gasteiger partial charge < -0.3 is 5.73 Å². The average Bonchev–Trinajstić information content (AvgIpc) is 2.21. The maximum atomic E-state index is 6.08. The van der Waals surface area contributed by atoms with Crippen molar-refractivity contribution in [1.82, 2.24) is 0 Å². The van der Waals surface area contributed by atoms with Gasteiger partial charge in [-0.3, -0.25) is 0 Å². The molecule has 0 amide bonds. The average molecular weight is 225 g/mol. The Kier molecular flexibility index (Phi) is 6.41. The van der Waals surface area contributed by atoms with E-state index in [2.05, 4.69) is 13.8 Å². The molecule has 96 valence electrons. The van der Waals surface area contributed by atoms with Crippen LogP contribution in [0.5, 0.6) is 0 Å². The van der Waals surface area contributed by atoms with E-state index in [0.29, 0.717) is 5.41 Å². The maximum Gasteiger partial charge on any atom is -0.00205 e. The van der Waals surface area contributed by atoms with Crippen molar-refractivity contribution in [2.75, 3.05) is 6.54 Å². The Bertz CT molecular complexity index is 166. The number of hydrogen-bond acceptors (Lipinski definition) is 1. The number of nitrogens with two attached hydrogens (primary N) is 1. The van der Waals surface area contributed by atoms with Gasteiger partial charge in [-0.1, -0.05) is 58.8 Å². The van der Waals surface area contributed by atoms with Crippen LogP contribution in [0.4, 0.5) is 0 Å². The van der Waals surface area contributed by atoms with Crippen LogP contribution in [0.25, 0.3) is 0 Å². The second kappa shape index (κ2) is 7.32. The molecule has 0 aliphatic heterocycles. The van der Waals surface area contributed by atoms with Gasteiger partial charge in [0.25, 0.3) is 0 Å². The van der Waals surface area contributed by atoms with E-state index in [4.69, 9.17) is 5.73 Å². The fraction of sp³-hybridized carbons (Fsp3) is 1.00. The quantitative estimate of drug-likeness (QED) is 0.732. The zero-order valence-corrected chi connectivity index (χ0v) is 11.4. The summed E-state index contributed by atoms with van der Waals surface area (Å²) in [5.41, 5.74) is 6.58. The predicted molar refractivity (Wildman–Crippen MR) is 72.5 cm³/mol. The summed E-state index contributed by atoms with van der Waals surface area (Å²) in [7, 11) is 0. The largest absolute Gasteiger partial charge is 0.330 e. The molecule has 1 nitrogen and oxygen atoms in total. The van der Waals surface area contributed by atoms with Crippen LogP contribution < -0.4 is 5.73 Å². The molecule has 1 aliphatic rings. The Hall–Kier alpha value is -0.0400. The van der Waals surface area contributed by atoms with Gasteiger partial charge in [-0.25, -0.2) is 0 Å². The highest BCUT2D eigenvalue weighted by Crippen LogP contribution is 2.38. The first kappa shape index (κ1) is 14.0. The molecule has 0 spiro atoms. The van der Waals surface area contributed by atoms with Crippen LogP contribution in [0, 0.1) is 11.3 Å². The molecule has 0 atom stereocenters. The van der Waals surface area contributed by atoms with Crippen molar-refractivity contribution in [3.63, 3.8) is 0 Å². The van der Waals surface area contributed by atoms with Gasteiger partial charge in [0.1, 0.15) is 0 Å². The minimum absolute atomic E-state index is 0.509. The summed E-state index contributed by atoms with van der Waals surface area (Å²) in [5.74, 6) is 0.850. The summed E-state index contributed by atoms with van der Waals surface area (Å²) in [6, 6.07) is 0. The van der Waals surface area contributed by atoms with Gasteiger partial charge in [0, 0.05) is 0 Å². The Morgan fingerprint density at radius 2 is 1.56 bits per heavy atom. The lowest BCUT2D eigenvalue weighted by Gasteiger charge is -2.34.